The fourth-order valence-corrected chi connectivity index (χ4v) is 5.55. The van der Waals surface area contributed by atoms with Gasteiger partial charge >= 0.3 is 0 Å². The normalized spacial score (nSPS) is 14.6. The Balaban J connectivity index is 1.62. The fraction of sp³-hybridized carbons (Fsp3) is 0.208. The lowest BCUT2D eigenvalue weighted by Crippen LogP contribution is -2.43. The number of carbonyl (C=O) groups is 1. The number of carbonyl (C=O) groups excluding carboxylic acids is 1. The van der Waals surface area contributed by atoms with Crippen LogP contribution in [0.15, 0.2) is 65.6 Å². The third-order valence-electron chi connectivity index (χ3n) is 5.54. The molecule has 1 heterocycles. The van der Waals surface area contributed by atoms with Gasteiger partial charge in [-0.3, -0.25) is 9.10 Å². The summed E-state index contributed by atoms with van der Waals surface area (Å²) in [7, 11) is -0.961. The van der Waals surface area contributed by atoms with Gasteiger partial charge in [0.2, 0.25) is 5.91 Å². The number of nitrogens with zero attached hydrogens (tertiary/aromatic N) is 1. The molecule has 1 amide bonds. The number of nitrogens with one attached hydrogen (secondary N) is 1. The average Bonchev–Trinajstić information content (AvgIpc) is 2.81. The lowest BCUT2D eigenvalue weighted by molar-refractivity contribution is -0.120. The molecule has 0 saturated heterocycles. The monoisotopic (exact) mass is 470 g/mol. The van der Waals surface area contributed by atoms with E-state index in [9.17, 15) is 17.6 Å². The number of fused-ring (bicyclic) bond motifs is 3. The van der Waals surface area contributed by atoms with Crippen molar-refractivity contribution in [3.8, 4) is 22.6 Å². The van der Waals surface area contributed by atoms with Crippen molar-refractivity contribution in [3.05, 3.63) is 72.0 Å². The molecule has 0 aromatic heterocycles. The number of halogens is 1. The van der Waals surface area contributed by atoms with Crippen LogP contribution in [0.2, 0.25) is 0 Å². The third-order valence-corrected chi connectivity index (χ3v) is 7.36. The van der Waals surface area contributed by atoms with Crippen LogP contribution < -0.4 is 19.1 Å². The zero-order valence-electron chi connectivity index (χ0n) is 18.3. The summed E-state index contributed by atoms with van der Waals surface area (Å²) in [6.07, 6.45) is 0. The van der Waals surface area contributed by atoms with Gasteiger partial charge in [-0.1, -0.05) is 24.3 Å². The number of anilines is 1. The summed E-state index contributed by atoms with van der Waals surface area (Å²) in [6.45, 7) is 1.33. The maximum Gasteiger partial charge on any atom is 0.265 e. The van der Waals surface area contributed by atoms with Crippen molar-refractivity contribution in [1.29, 1.82) is 0 Å². The molecule has 0 fully saturated rings. The van der Waals surface area contributed by atoms with Crippen LogP contribution in [0.3, 0.4) is 0 Å². The number of amides is 1. The third kappa shape index (κ3) is 4.11. The zero-order valence-corrected chi connectivity index (χ0v) is 19.1. The molecule has 4 rings (SSSR count). The predicted octanol–water partition coefficient (Wildman–Crippen LogP) is 3.90. The molecule has 1 aliphatic heterocycles. The van der Waals surface area contributed by atoms with E-state index in [1.54, 1.807) is 43.3 Å². The first-order valence-corrected chi connectivity index (χ1v) is 11.6. The quantitative estimate of drug-likeness (QED) is 0.591. The maximum atomic E-state index is 14.0. The number of ether oxygens (including phenoxy) is 2. The summed E-state index contributed by atoms with van der Waals surface area (Å²) in [6, 6.07) is 15.0. The lowest BCUT2D eigenvalue weighted by atomic mass is 10.0. The second-order valence-corrected chi connectivity index (χ2v) is 9.40. The summed E-state index contributed by atoms with van der Waals surface area (Å²) >= 11 is 0. The van der Waals surface area contributed by atoms with Crippen LogP contribution in [0.1, 0.15) is 18.5 Å². The van der Waals surface area contributed by atoms with Gasteiger partial charge in [-0.25, -0.2) is 12.8 Å². The molecule has 1 atom stereocenters. The molecule has 1 N–H and O–H groups in total. The van der Waals surface area contributed by atoms with Gasteiger partial charge in [-0.05, 0) is 48.9 Å². The first kappa shape index (κ1) is 22.6. The second-order valence-electron chi connectivity index (χ2n) is 7.57. The van der Waals surface area contributed by atoms with Gasteiger partial charge in [0.25, 0.3) is 10.0 Å². The molecule has 0 bridgehead atoms. The van der Waals surface area contributed by atoms with E-state index in [2.05, 4.69) is 5.32 Å². The van der Waals surface area contributed by atoms with Crippen molar-refractivity contribution in [3.63, 3.8) is 0 Å². The van der Waals surface area contributed by atoms with E-state index in [1.165, 1.54) is 38.5 Å². The number of hydrogen-bond donors (Lipinski definition) is 1. The topological polar surface area (TPSA) is 84.9 Å². The van der Waals surface area contributed by atoms with Crippen molar-refractivity contribution in [2.24, 2.45) is 0 Å². The summed E-state index contributed by atoms with van der Waals surface area (Å²) in [5.41, 5.74) is 1.84. The van der Waals surface area contributed by atoms with E-state index < -0.39 is 34.3 Å². The molecule has 3 aromatic carbocycles. The summed E-state index contributed by atoms with van der Waals surface area (Å²) in [5.74, 6) is 0.0776. The molecule has 0 saturated carbocycles. The number of rotatable bonds is 6. The Morgan fingerprint density at radius 3 is 2.45 bits per heavy atom. The highest BCUT2D eigenvalue weighted by Gasteiger charge is 2.36. The van der Waals surface area contributed by atoms with Crippen LogP contribution in [0.4, 0.5) is 10.1 Å². The highest BCUT2D eigenvalue weighted by molar-refractivity contribution is 7.93. The van der Waals surface area contributed by atoms with E-state index in [1.807, 2.05) is 0 Å². The summed E-state index contributed by atoms with van der Waals surface area (Å²) in [4.78, 5) is 12.9. The molecular formula is C24H23FN2O5S. The Kier molecular flexibility index (Phi) is 5.99. The molecule has 33 heavy (non-hydrogen) atoms. The Labute approximate surface area is 191 Å². The van der Waals surface area contributed by atoms with Crippen LogP contribution in [-0.4, -0.2) is 35.1 Å². The van der Waals surface area contributed by atoms with Crippen molar-refractivity contribution in [1.82, 2.24) is 5.32 Å². The van der Waals surface area contributed by atoms with Crippen LogP contribution in [-0.2, 0) is 14.8 Å². The minimum absolute atomic E-state index is 0.0313. The first-order chi connectivity index (χ1) is 15.8. The van der Waals surface area contributed by atoms with Crippen molar-refractivity contribution in [2.75, 3.05) is 25.1 Å². The molecule has 0 spiro atoms. The van der Waals surface area contributed by atoms with E-state index in [0.29, 0.717) is 22.6 Å². The van der Waals surface area contributed by atoms with Crippen molar-refractivity contribution < 1.29 is 27.1 Å². The van der Waals surface area contributed by atoms with E-state index in [4.69, 9.17) is 9.47 Å². The molecule has 172 valence electrons. The Morgan fingerprint density at radius 1 is 1.00 bits per heavy atom. The Hall–Kier alpha value is -3.59. The minimum Gasteiger partial charge on any atom is -0.493 e. The molecule has 7 nitrogen and oxygen atoms in total. The van der Waals surface area contributed by atoms with Gasteiger partial charge in [-0.15, -0.1) is 0 Å². The molecule has 9 heteroatoms. The highest BCUT2D eigenvalue weighted by Crippen LogP contribution is 2.43. The molecule has 0 unspecified atom stereocenters. The average molecular weight is 471 g/mol. The van der Waals surface area contributed by atoms with Gasteiger partial charge in [0.1, 0.15) is 12.4 Å². The Bertz CT molecular complexity index is 1330. The van der Waals surface area contributed by atoms with Gasteiger partial charge in [-0.2, -0.15) is 0 Å². The highest BCUT2D eigenvalue weighted by atomic mass is 32.2. The van der Waals surface area contributed by atoms with Crippen LogP contribution in [0.5, 0.6) is 11.5 Å². The number of methoxy groups -OCH3 is 2. The SMILES string of the molecule is COc1ccc([C@H](C)NC(=O)CN2c3ccc(F)cc3-c3ccccc3S2(=O)=O)cc1OC. The summed E-state index contributed by atoms with van der Waals surface area (Å²) in [5, 5.41) is 2.82. The van der Waals surface area contributed by atoms with Crippen LogP contribution in [0.25, 0.3) is 11.1 Å². The fourth-order valence-electron chi connectivity index (χ4n) is 3.90. The first-order valence-electron chi connectivity index (χ1n) is 10.2. The zero-order chi connectivity index (χ0) is 23.8. The smallest absolute Gasteiger partial charge is 0.265 e. The standard InChI is InChI=1S/C24H23FN2O5S/c1-15(16-8-11-21(31-2)22(12-16)32-3)26-24(28)14-27-20-10-9-17(25)13-19(20)18-6-4-5-7-23(18)33(27,29)30/h4-13,15H,14H2,1-3H3,(H,26,28)/t15-/m0/s1. The molecular weight excluding hydrogens is 447 g/mol. The van der Waals surface area contributed by atoms with Gasteiger partial charge in [0.05, 0.1) is 30.8 Å². The molecule has 0 aliphatic carbocycles. The maximum absolute atomic E-state index is 14.0. The van der Waals surface area contributed by atoms with Crippen molar-refractivity contribution in [2.45, 2.75) is 17.9 Å². The molecule has 1 aliphatic rings. The second kappa shape index (κ2) is 8.74. The van der Waals surface area contributed by atoms with E-state index in [0.717, 1.165) is 9.87 Å². The molecule has 3 aromatic rings. The lowest BCUT2D eigenvalue weighted by Gasteiger charge is -2.32. The molecule has 0 radical (unpaired) electrons. The minimum atomic E-state index is -4.01. The predicted molar refractivity (Wildman–Crippen MR) is 122 cm³/mol. The van der Waals surface area contributed by atoms with E-state index >= 15 is 0 Å². The van der Waals surface area contributed by atoms with E-state index in [-0.39, 0.29) is 10.6 Å². The Morgan fingerprint density at radius 2 is 1.73 bits per heavy atom. The van der Waals surface area contributed by atoms with Gasteiger partial charge in [0.15, 0.2) is 11.5 Å². The summed E-state index contributed by atoms with van der Waals surface area (Å²) < 4.78 is 52.2. The van der Waals surface area contributed by atoms with Crippen LogP contribution in [0, 0.1) is 5.82 Å². The largest absolute Gasteiger partial charge is 0.493 e. The van der Waals surface area contributed by atoms with Crippen molar-refractivity contribution >= 4 is 21.6 Å². The van der Waals surface area contributed by atoms with Crippen LogP contribution >= 0.6 is 0 Å². The number of hydrogen-bond acceptors (Lipinski definition) is 5. The van der Waals surface area contributed by atoms with Gasteiger partial charge in [0, 0.05) is 11.1 Å². The van der Waals surface area contributed by atoms with Gasteiger partial charge < -0.3 is 14.8 Å². The number of benzene rings is 3. The number of sulfonamides is 1.